The molecule has 138 valence electrons. The fourth-order valence-electron chi connectivity index (χ4n) is 2.75. The van der Waals surface area contributed by atoms with Gasteiger partial charge in [0.05, 0.1) is 11.1 Å². The molecule has 0 spiro atoms. The van der Waals surface area contributed by atoms with Crippen LogP contribution in [0, 0.1) is 6.92 Å². The summed E-state index contributed by atoms with van der Waals surface area (Å²) in [4.78, 5) is 36.4. The minimum absolute atomic E-state index is 0.0342. The van der Waals surface area contributed by atoms with E-state index in [0.29, 0.717) is 27.7 Å². The minimum atomic E-state index is -0.744. The van der Waals surface area contributed by atoms with Gasteiger partial charge >= 0.3 is 5.63 Å². The molecule has 0 saturated heterocycles. The molecule has 0 aliphatic heterocycles. The summed E-state index contributed by atoms with van der Waals surface area (Å²) >= 11 is 0. The molecular weight excluding hydrogens is 344 g/mol. The summed E-state index contributed by atoms with van der Waals surface area (Å²) in [5.74, 6) is -1.37. The molecule has 6 nitrogen and oxygen atoms in total. The van der Waals surface area contributed by atoms with Gasteiger partial charge in [-0.15, -0.1) is 0 Å². The number of benzene rings is 2. The van der Waals surface area contributed by atoms with Crippen molar-refractivity contribution in [1.82, 2.24) is 5.16 Å². The van der Waals surface area contributed by atoms with E-state index >= 15 is 0 Å². The van der Waals surface area contributed by atoms with Crippen LogP contribution < -0.4 is 10.9 Å². The van der Waals surface area contributed by atoms with E-state index in [-0.39, 0.29) is 5.41 Å². The average molecular weight is 364 g/mol. The summed E-state index contributed by atoms with van der Waals surface area (Å²) < 4.78 is 4.67. The van der Waals surface area contributed by atoms with Gasteiger partial charge in [-0.05, 0) is 36.1 Å². The van der Waals surface area contributed by atoms with E-state index in [9.17, 15) is 14.4 Å². The second-order valence-corrected chi connectivity index (χ2v) is 7.43. The fraction of sp³-hybridized carbons (Fsp3) is 0.238. The van der Waals surface area contributed by atoms with Crippen LogP contribution in [0.1, 0.15) is 42.4 Å². The lowest BCUT2D eigenvalue weighted by molar-refractivity contribution is -0.112. The maximum absolute atomic E-state index is 12.4. The van der Waals surface area contributed by atoms with Crippen molar-refractivity contribution >= 4 is 28.2 Å². The molecule has 0 atom stereocenters. The molecule has 0 saturated carbocycles. The van der Waals surface area contributed by atoms with Gasteiger partial charge in [0.2, 0.25) is 0 Å². The predicted octanol–water partition coefficient (Wildman–Crippen LogP) is 3.62. The molecule has 6 heteroatoms. The number of Topliss-reactive ketones (excluding diaryl/α,β-unsaturated/α-hetero) is 1. The number of ketones is 1. The number of aryl methyl sites for hydroxylation is 1. The van der Waals surface area contributed by atoms with Crippen molar-refractivity contribution in [2.24, 2.45) is 0 Å². The lowest BCUT2D eigenvalue weighted by Crippen LogP contribution is -2.23. The molecule has 0 aliphatic rings. The highest BCUT2D eigenvalue weighted by molar-refractivity contribution is 6.46. The summed E-state index contributed by atoms with van der Waals surface area (Å²) in [6, 6.07) is 11.7. The van der Waals surface area contributed by atoms with Crippen LogP contribution in [-0.4, -0.2) is 16.8 Å². The van der Waals surface area contributed by atoms with Crippen LogP contribution in [0.4, 0.5) is 5.69 Å². The number of anilines is 1. The number of nitrogens with zero attached hydrogens (tertiary/aromatic N) is 1. The van der Waals surface area contributed by atoms with Crippen molar-refractivity contribution in [1.29, 1.82) is 0 Å². The van der Waals surface area contributed by atoms with Gasteiger partial charge in [-0.2, -0.15) is 0 Å². The Morgan fingerprint density at radius 1 is 1.00 bits per heavy atom. The van der Waals surface area contributed by atoms with E-state index < -0.39 is 17.3 Å². The summed E-state index contributed by atoms with van der Waals surface area (Å²) in [5, 5.41) is 7.17. The maximum Gasteiger partial charge on any atom is 0.366 e. The average Bonchev–Trinajstić information content (AvgIpc) is 2.63. The molecule has 1 amide bonds. The Balaban J connectivity index is 1.82. The third-order valence-corrected chi connectivity index (χ3v) is 4.37. The van der Waals surface area contributed by atoms with Gasteiger partial charge < -0.3 is 9.84 Å². The lowest BCUT2D eigenvalue weighted by atomic mass is 9.86. The molecule has 0 fully saturated rings. The van der Waals surface area contributed by atoms with E-state index in [1.807, 2.05) is 12.1 Å². The zero-order valence-corrected chi connectivity index (χ0v) is 15.6. The van der Waals surface area contributed by atoms with Crippen molar-refractivity contribution in [3.8, 4) is 0 Å². The van der Waals surface area contributed by atoms with E-state index in [4.69, 9.17) is 0 Å². The maximum atomic E-state index is 12.4. The lowest BCUT2D eigenvalue weighted by Gasteiger charge is -2.18. The first-order chi connectivity index (χ1) is 12.7. The number of hydrogen-bond acceptors (Lipinski definition) is 5. The standard InChI is InChI=1S/C21H20N2O4/c1-12-17-11-15(9-10-16(17)20(26)27-23-12)22-19(25)18(24)13-5-7-14(8-6-13)21(2,3)4/h5-11H,1-4H3,(H,22,25). The Morgan fingerprint density at radius 2 is 1.67 bits per heavy atom. The molecular formula is C21H20N2O4. The van der Waals surface area contributed by atoms with Crippen LogP contribution in [-0.2, 0) is 10.2 Å². The van der Waals surface area contributed by atoms with Crippen LogP contribution in [0.5, 0.6) is 0 Å². The van der Waals surface area contributed by atoms with Gasteiger partial charge in [-0.1, -0.05) is 50.2 Å². The van der Waals surface area contributed by atoms with E-state index in [0.717, 1.165) is 5.56 Å². The topological polar surface area (TPSA) is 89.3 Å². The Labute approximate surface area is 156 Å². The number of fused-ring (bicyclic) bond motifs is 1. The number of hydrogen-bond donors (Lipinski definition) is 1. The smallest absolute Gasteiger partial charge is 0.319 e. The van der Waals surface area contributed by atoms with Gasteiger partial charge in [0, 0.05) is 16.6 Å². The number of carbonyl (C=O) groups excluding carboxylic acids is 2. The van der Waals surface area contributed by atoms with Crippen molar-refractivity contribution < 1.29 is 14.1 Å². The third kappa shape index (κ3) is 3.79. The van der Waals surface area contributed by atoms with Crippen LogP contribution in [0.2, 0.25) is 0 Å². The van der Waals surface area contributed by atoms with Crippen molar-refractivity contribution in [2.75, 3.05) is 5.32 Å². The van der Waals surface area contributed by atoms with E-state index in [1.54, 1.807) is 31.2 Å². The first kappa shape index (κ1) is 18.5. The van der Waals surface area contributed by atoms with Crippen LogP contribution >= 0.6 is 0 Å². The van der Waals surface area contributed by atoms with Crippen molar-refractivity contribution in [3.63, 3.8) is 0 Å². The summed E-state index contributed by atoms with van der Waals surface area (Å²) in [7, 11) is 0. The summed E-state index contributed by atoms with van der Waals surface area (Å²) in [6.07, 6.45) is 0. The largest absolute Gasteiger partial charge is 0.366 e. The molecule has 1 N–H and O–H groups in total. The van der Waals surface area contributed by atoms with Crippen LogP contribution in [0.3, 0.4) is 0 Å². The highest BCUT2D eigenvalue weighted by Crippen LogP contribution is 2.23. The van der Waals surface area contributed by atoms with Crippen LogP contribution in [0.25, 0.3) is 10.8 Å². The van der Waals surface area contributed by atoms with Gasteiger partial charge in [0.1, 0.15) is 0 Å². The second kappa shape index (κ2) is 6.79. The Kier molecular flexibility index (Phi) is 4.66. The van der Waals surface area contributed by atoms with Gasteiger partial charge in [-0.25, -0.2) is 4.79 Å². The fourth-order valence-corrected chi connectivity index (χ4v) is 2.75. The van der Waals surface area contributed by atoms with Crippen molar-refractivity contribution in [3.05, 3.63) is 69.7 Å². The molecule has 0 aliphatic carbocycles. The second-order valence-electron chi connectivity index (χ2n) is 7.43. The zero-order chi connectivity index (χ0) is 19.8. The van der Waals surface area contributed by atoms with Crippen molar-refractivity contribution in [2.45, 2.75) is 33.1 Å². The van der Waals surface area contributed by atoms with Gasteiger partial charge in [-0.3, -0.25) is 9.59 Å². The number of nitrogens with one attached hydrogen (secondary N) is 1. The predicted molar refractivity (Wildman–Crippen MR) is 103 cm³/mol. The molecule has 0 unspecified atom stereocenters. The number of carbonyl (C=O) groups is 2. The molecule has 3 aromatic rings. The molecule has 1 aromatic heterocycles. The summed E-state index contributed by atoms with van der Waals surface area (Å²) in [5.41, 5.74) is 1.74. The zero-order valence-electron chi connectivity index (χ0n) is 15.6. The van der Waals surface area contributed by atoms with Crippen LogP contribution in [0.15, 0.2) is 51.8 Å². The SMILES string of the molecule is Cc1noc(=O)c2ccc(NC(=O)C(=O)c3ccc(C(C)(C)C)cc3)cc12. The quantitative estimate of drug-likeness (QED) is 0.566. The first-order valence-electron chi connectivity index (χ1n) is 8.53. The Morgan fingerprint density at radius 3 is 2.30 bits per heavy atom. The normalized spacial score (nSPS) is 11.4. The highest BCUT2D eigenvalue weighted by atomic mass is 16.5. The first-order valence-corrected chi connectivity index (χ1v) is 8.53. The third-order valence-electron chi connectivity index (χ3n) is 4.37. The molecule has 27 heavy (non-hydrogen) atoms. The Bertz CT molecular complexity index is 1090. The van der Waals surface area contributed by atoms with Gasteiger partial charge in [0.25, 0.3) is 11.7 Å². The minimum Gasteiger partial charge on any atom is -0.319 e. The van der Waals surface area contributed by atoms with E-state index in [1.165, 1.54) is 6.07 Å². The molecule has 0 bridgehead atoms. The molecule has 0 radical (unpaired) electrons. The Hall–Kier alpha value is -3.28. The monoisotopic (exact) mass is 364 g/mol. The number of amides is 1. The van der Waals surface area contributed by atoms with E-state index in [2.05, 4.69) is 35.8 Å². The number of rotatable bonds is 3. The number of aromatic nitrogens is 1. The molecule has 1 heterocycles. The highest BCUT2D eigenvalue weighted by Gasteiger charge is 2.19. The summed E-state index contributed by atoms with van der Waals surface area (Å²) in [6.45, 7) is 7.92. The van der Waals surface area contributed by atoms with Gasteiger partial charge in [0.15, 0.2) is 0 Å². The molecule has 3 rings (SSSR count). The molecule has 2 aromatic carbocycles.